The summed E-state index contributed by atoms with van der Waals surface area (Å²) in [7, 11) is 4.28. The number of anilines is 1. The molecule has 1 atom stereocenters. The summed E-state index contributed by atoms with van der Waals surface area (Å²) in [5, 5.41) is 2.02. The van der Waals surface area contributed by atoms with Crippen molar-refractivity contribution in [2.24, 2.45) is 4.99 Å². The van der Waals surface area contributed by atoms with E-state index in [1.54, 1.807) is 12.1 Å². The van der Waals surface area contributed by atoms with Crippen LogP contribution in [0.15, 0.2) is 71.7 Å². The number of halogens is 3. The Bertz CT molecular complexity index is 1530. The van der Waals surface area contributed by atoms with Gasteiger partial charge < -0.3 is 19.5 Å². The average Bonchev–Trinajstić information content (AvgIpc) is 3.28. The topological polar surface area (TPSA) is 107 Å². The van der Waals surface area contributed by atoms with E-state index in [1.165, 1.54) is 62.6 Å². The van der Waals surface area contributed by atoms with E-state index < -0.39 is 34.8 Å². The molecule has 1 heterocycles. The van der Waals surface area contributed by atoms with Crippen LogP contribution in [0.25, 0.3) is 0 Å². The molecule has 4 rings (SSSR count). The number of methoxy groups -OCH3 is 3. The SMILES string of the molecule is COC(=O)c1ccc(NC(=O)C[C@@H]2SC(=Nc3cccc(C(F)(F)F)c3)N(CCc3ccc(OC)c(OC)c3)C2=O)cc1. The zero-order valence-electron chi connectivity index (χ0n) is 23.4. The first-order valence-corrected chi connectivity index (χ1v) is 13.8. The Morgan fingerprint density at radius 3 is 2.35 bits per heavy atom. The number of amidine groups is 1. The number of benzene rings is 3. The van der Waals surface area contributed by atoms with Gasteiger partial charge in [0.05, 0.1) is 38.1 Å². The van der Waals surface area contributed by atoms with Crippen molar-refractivity contribution < 1.29 is 41.8 Å². The fourth-order valence-electron chi connectivity index (χ4n) is 4.26. The lowest BCUT2D eigenvalue weighted by Gasteiger charge is -2.17. The lowest BCUT2D eigenvalue weighted by Crippen LogP contribution is -2.35. The second-order valence-corrected chi connectivity index (χ2v) is 10.5. The maximum atomic E-state index is 13.5. The third-order valence-electron chi connectivity index (χ3n) is 6.45. The van der Waals surface area contributed by atoms with Crippen molar-refractivity contribution in [3.63, 3.8) is 0 Å². The second-order valence-electron chi connectivity index (χ2n) is 9.30. The molecule has 0 aliphatic carbocycles. The second kappa shape index (κ2) is 13.6. The summed E-state index contributed by atoms with van der Waals surface area (Å²) in [6.07, 6.45) is -4.39. The Morgan fingerprint density at radius 2 is 1.70 bits per heavy atom. The maximum absolute atomic E-state index is 13.5. The van der Waals surface area contributed by atoms with Gasteiger partial charge in [0.1, 0.15) is 5.25 Å². The normalized spacial score (nSPS) is 15.9. The highest BCUT2D eigenvalue weighted by molar-refractivity contribution is 8.15. The Balaban J connectivity index is 1.54. The zero-order valence-corrected chi connectivity index (χ0v) is 24.3. The van der Waals surface area contributed by atoms with Gasteiger partial charge in [-0.3, -0.25) is 14.5 Å². The maximum Gasteiger partial charge on any atom is 0.416 e. The molecule has 1 aliphatic heterocycles. The van der Waals surface area contributed by atoms with E-state index in [-0.39, 0.29) is 23.8 Å². The number of carbonyl (C=O) groups is 3. The van der Waals surface area contributed by atoms with E-state index in [2.05, 4.69) is 15.0 Å². The molecular formula is C30H28F3N3O6S. The van der Waals surface area contributed by atoms with Crippen LogP contribution in [0.2, 0.25) is 0 Å². The number of nitrogens with one attached hydrogen (secondary N) is 1. The summed E-state index contributed by atoms with van der Waals surface area (Å²) >= 11 is 1.01. The molecule has 2 amide bonds. The number of ether oxygens (including phenoxy) is 3. The van der Waals surface area contributed by atoms with E-state index in [4.69, 9.17) is 9.47 Å². The lowest BCUT2D eigenvalue weighted by atomic mass is 10.1. The largest absolute Gasteiger partial charge is 0.493 e. The van der Waals surface area contributed by atoms with Crippen LogP contribution in [0.5, 0.6) is 11.5 Å². The molecule has 0 bridgehead atoms. The Hall–Kier alpha value is -4.52. The minimum absolute atomic E-state index is 0.0250. The molecule has 13 heteroatoms. The van der Waals surface area contributed by atoms with E-state index in [1.807, 2.05) is 6.07 Å². The van der Waals surface area contributed by atoms with Crippen molar-refractivity contribution in [1.29, 1.82) is 0 Å². The van der Waals surface area contributed by atoms with Gasteiger partial charge in [-0.05, 0) is 66.6 Å². The highest BCUT2D eigenvalue weighted by Gasteiger charge is 2.39. The summed E-state index contributed by atoms with van der Waals surface area (Å²) in [5.74, 6) is -0.332. The highest BCUT2D eigenvalue weighted by atomic mass is 32.2. The number of amides is 2. The Morgan fingerprint density at radius 1 is 0.977 bits per heavy atom. The standard InChI is InChI=1S/C30H28F3N3O6S/c1-40-23-12-7-18(15-24(23)41-2)13-14-36-27(38)25(17-26(37)34-21-10-8-19(9-11-21)28(39)42-3)43-29(36)35-22-6-4-5-20(16-22)30(31,32)33/h4-12,15-16,25H,13-14,17H2,1-3H3,(H,34,37)/t25-/m0/s1. The fourth-order valence-corrected chi connectivity index (χ4v) is 5.44. The van der Waals surface area contributed by atoms with Gasteiger partial charge in [0.15, 0.2) is 16.7 Å². The van der Waals surface area contributed by atoms with E-state index in [0.29, 0.717) is 29.2 Å². The molecule has 0 spiro atoms. The van der Waals surface area contributed by atoms with Crippen LogP contribution in [0.3, 0.4) is 0 Å². The number of aliphatic imine (C=N–C) groups is 1. The third-order valence-corrected chi connectivity index (χ3v) is 7.63. The number of nitrogens with zero attached hydrogens (tertiary/aromatic N) is 2. The molecule has 0 saturated carbocycles. The lowest BCUT2D eigenvalue weighted by molar-refractivity contribution is -0.137. The van der Waals surface area contributed by atoms with Crippen molar-refractivity contribution in [1.82, 2.24) is 4.90 Å². The van der Waals surface area contributed by atoms with E-state index >= 15 is 0 Å². The molecule has 43 heavy (non-hydrogen) atoms. The molecule has 3 aromatic rings. The van der Waals surface area contributed by atoms with Gasteiger partial charge in [0.2, 0.25) is 11.8 Å². The van der Waals surface area contributed by atoms with E-state index in [9.17, 15) is 27.6 Å². The molecule has 1 fully saturated rings. The van der Waals surface area contributed by atoms with Crippen LogP contribution < -0.4 is 14.8 Å². The zero-order chi connectivity index (χ0) is 31.1. The minimum atomic E-state index is -4.56. The molecule has 0 aromatic heterocycles. The van der Waals surface area contributed by atoms with Crippen LogP contribution in [-0.2, 0) is 26.9 Å². The van der Waals surface area contributed by atoms with Crippen molar-refractivity contribution in [3.8, 4) is 11.5 Å². The van der Waals surface area contributed by atoms with Crippen LogP contribution in [0, 0.1) is 0 Å². The number of rotatable bonds is 10. The first kappa shape index (κ1) is 31.4. The van der Waals surface area contributed by atoms with Crippen molar-refractivity contribution >= 4 is 46.1 Å². The third kappa shape index (κ3) is 7.86. The number of alkyl halides is 3. The van der Waals surface area contributed by atoms with Crippen LogP contribution in [-0.4, -0.2) is 61.0 Å². The number of hydrogen-bond acceptors (Lipinski definition) is 8. The summed E-state index contributed by atoms with van der Waals surface area (Å²) < 4.78 is 55.2. The predicted molar refractivity (Wildman–Crippen MR) is 156 cm³/mol. The fraction of sp³-hybridized carbons (Fsp3) is 0.267. The van der Waals surface area contributed by atoms with Crippen molar-refractivity contribution in [3.05, 3.63) is 83.4 Å². The minimum Gasteiger partial charge on any atom is -0.493 e. The van der Waals surface area contributed by atoms with Gasteiger partial charge in [-0.1, -0.05) is 23.9 Å². The van der Waals surface area contributed by atoms with Crippen molar-refractivity contribution in [2.75, 3.05) is 33.2 Å². The number of esters is 1. The van der Waals surface area contributed by atoms with Crippen LogP contribution in [0.1, 0.15) is 27.9 Å². The van der Waals surface area contributed by atoms with Gasteiger partial charge in [-0.15, -0.1) is 0 Å². The molecule has 9 nitrogen and oxygen atoms in total. The first-order chi connectivity index (χ1) is 20.5. The molecule has 1 N–H and O–H groups in total. The monoisotopic (exact) mass is 615 g/mol. The van der Waals surface area contributed by atoms with Crippen LogP contribution in [0.4, 0.5) is 24.5 Å². The molecule has 0 unspecified atom stereocenters. The molecule has 0 radical (unpaired) electrons. The summed E-state index contributed by atoms with van der Waals surface area (Å²) in [5.41, 5.74) is 0.705. The Labute approximate surface area is 250 Å². The average molecular weight is 616 g/mol. The smallest absolute Gasteiger partial charge is 0.416 e. The van der Waals surface area contributed by atoms with Crippen molar-refractivity contribution in [2.45, 2.75) is 24.3 Å². The van der Waals surface area contributed by atoms with E-state index in [0.717, 1.165) is 29.5 Å². The van der Waals surface area contributed by atoms with Crippen LogP contribution >= 0.6 is 11.8 Å². The van der Waals surface area contributed by atoms with Gasteiger partial charge >= 0.3 is 12.1 Å². The molecule has 1 saturated heterocycles. The first-order valence-electron chi connectivity index (χ1n) is 13.0. The van der Waals surface area contributed by atoms with Gasteiger partial charge in [-0.25, -0.2) is 9.79 Å². The summed E-state index contributed by atoms with van der Waals surface area (Å²) in [6.45, 7) is 0.159. The predicted octanol–water partition coefficient (Wildman–Crippen LogP) is 5.71. The quantitative estimate of drug-likeness (QED) is 0.291. The molecule has 226 valence electrons. The molecule has 1 aliphatic rings. The number of carbonyl (C=O) groups excluding carboxylic acids is 3. The highest BCUT2D eigenvalue weighted by Crippen LogP contribution is 2.35. The summed E-state index contributed by atoms with van der Waals surface area (Å²) in [4.78, 5) is 43.7. The summed E-state index contributed by atoms with van der Waals surface area (Å²) in [6, 6.07) is 15.9. The van der Waals surface area contributed by atoms with Gasteiger partial charge in [0, 0.05) is 18.7 Å². The number of hydrogen-bond donors (Lipinski definition) is 1. The molecular weight excluding hydrogens is 587 g/mol. The van der Waals surface area contributed by atoms with Gasteiger partial charge in [-0.2, -0.15) is 13.2 Å². The number of thioether (sulfide) groups is 1. The molecule has 3 aromatic carbocycles. The van der Waals surface area contributed by atoms with Gasteiger partial charge in [0.25, 0.3) is 0 Å². The Kier molecular flexibility index (Phi) is 9.96.